The van der Waals surface area contributed by atoms with E-state index in [4.69, 9.17) is 0 Å². The normalized spacial score (nSPS) is 23.4. The topological polar surface area (TPSA) is 29.1 Å². The minimum Gasteiger partial charge on any atom is -0.356 e. The molecule has 3 atom stereocenters. The fourth-order valence-corrected chi connectivity index (χ4v) is 2.47. The molecule has 1 saturated carbocycles. The van der Waals surface area contributed by atoms with Crippen LogP contribution < -0.4 is 5.32 Å². The van der Waals surface area contributed by atoms with Gasteiger partial charge in [0.25, 0.3) is 0 Å². The molecule has 0 saturated heterocycles. The molecule has 0 heterocycles. The van der Waals surface area contributed by atoms with E-state index < -0.39 is 0 Å². The summed E-state index contributed by atoms with van der Waals surface area (Å²) < 4.78 is 0. The number of benzene rings is 1. The van der Waals surface area contributed by atoms with Crippen molar-refractivity contribution >= 4 is 21.8 Å². The van der Waals surface area contributed by atoms with Crippen LogP contribution >= 0.6 is 15.9 Å². The molecule has 1 aliphatic carbocycles. The lowest BCUT2D eigenvalue weighted by molar-refractivity contribution is -0.122. The largest absolute Gasteiger partial charge is 0.356 e. The maximum Gasteiger partial charge on any atom is 0.223 e. The third-order valence-electron chi connectivity index (χ3n) is 3.55. The van der Waals surface area contributed by atoms with Crippen molar-refractivity contribution in [3.05, 3.63) is 35.9 Å². The first-order valence-corrected chi connectivity index (χ1v) is 7.60. The summed E-state index contributed by atoms with van der Waals surface area (Å²) in [5.41, 5.74) is 1.30. The van der Waals surface area contributed by atoms with Gasteiger partial charge in [0.05, 0.1) is 0 Å². The molecule has 3 unspecified atom stereocenters. The highest BCUT2D eigenvalue weighted by Crippen LogP contribution is 2.47. The first-order chi connectivity index (χ1) is 8.72. The van der Waals surface area contributed by atoms with E-state index in [1.807, 2.05) is 18.2 Å². The molecule has 0 aromatic heterocycles. The highest BCUT2D eigenvalue weighted by Gasteiger charge is 2.43. The average Bonchev–Trinajstić information content (AvgIpc) is 3.19. The van der Waals surface area contributed by atoms with Crippen molar-refractivity contribution in [3.63, 3.8) is 0 Å². The number of hydrogen-bond acceptors (Lipinski definition) is 1. The molecule has 0 spiro atoms. The molecule has 2 nitrogen and oxygen atoms in total. The molecule has 0 aliphatic heterocycles. The molecule has 18 heavy (non-hydrogen) atoms. The second-order valence-electron chi connectivity index (χ2n) is 4.94. The molecule has 1 aromatic carbocycles. The molecular weight excluding hydrogens is 290 g/mol. The van der Waals surface area contributed by atoms with Crippen LogP contribution in [0.15, 0.2) is 30.3 Å². The van der Waals surface area contributed by atoms with Crippen molar-refractivity contribution in [3.8, 4) is 0 Å². The SMILES string of the molecule is CCC(Br)CCNC(=O)C1CC1c1ccccc1. The molecule has 0 radical (unpaired) electrons. The lowest BCUT2D eigenvalue weighted by Crippen LogP contribution is -2.27. The van der Waals surface area contributed by atoms with Gasteiger partial charge in [-0.1, -0.05) is 53.2 Å². The van der Waals surface area contributed by atoms with Crippen molar-refractivity contribution in [1.29, 1.82) is 0 Å². The molecule has 3 heteroatoms. The summed E-state index contributed by atoms with van der Waals surface area (Å²) in [7, 11) is 0. The van der Waals surface area contributed by atoms with Crippen LogP contribution in [0.2, 0.25) is 0 Å². The minimum absolute atomic E-state index is 0.197. The maximum absolute atomic E-state index is 11.9. The summed E-state index contributed by atoms with van der Waals surface area (Å²) in [4.78, 5) is 12.4. The molecule has 0 bridgehead atoms. The Morgan fingerprint density at radius 2 is 2.17 bits per heavy atom. The van der Waals surface area contributed by atoms with E-state index in [0.717, 1.165) is 25.8 Å². The van der Waals surface area contributed by atoms with Crippen LogP contribution in [0, 0.1) is 5.92 Å². The van der Waals surface area contributed by atoms with Gasteiger partial charge in [-0.25, -0.2) is 0 Å². The molecule has 1 aliphatic rings. The van der Waals surface area contributed by atoms with Crippen LogP contribution in [-0.4, -0.2) is 17.3 Å². The number of hydrogen-bond donors (Lipinski definition) is 1. The molecule has 1 N–H and O–H groups in total. The molecule has 1 amide bonds. The van der Waals surface area contributed by atoms with Crippen molar-refractivity contribution in [2.45, 2.75) is 36.9 Å². The lowest BCUT2D eigenvalue weighted by atomic mass is 10.1. The first-order valence-electron chi connectivity index (χ1n) is 6.69. The van der Waals surface area contributed by atoms with E-state index in [1.165, 1.54) is 5.56 Å². The Balaban J connectivity index is 1.73. The Labute approximate surface area is 117 Å². The summed E-state index contributed by atoms with van der Waals surface area (Å²) >= 11 is 3.58. The van der Waals surface area contributed by atoms with Gasteiger partial charge in [-0.2, -0.15) is 0 Å². The highest BCUT2D eigenvalue weighted by atomic mass is 79.9. The number of alkyl halides is 1. The molecular formula is C15H20BrNO. The van der Waals surface area contributed by atoms with Gasteiger partial charge in [0.2, 0.25) is 5.91 Å². The van der Waals surface area contributed by atoms with Crippen LogP contribution in [0.4, 0.5) is 0 Å². The van der Waals surface area contributed by atoms with Gasteiger partial charge >= 0.3 is 0 Å². The molecule has 2 rings (SSSR count). The lowest BCUT2D eigenvalue weighted by Gasteiger charge is -2.08. The smallest absolute Gasteiger partial charge is 0.223 e. The van der Waals surface area contributed by atoms with Gasteiger partial charge < -0.3 is 5.32 Å². The predicted molar refractivity (Wildman–Crippen MR) is 77.9 cm³/mol. The number of carbonyl (C=O) groups is 1. The molecule has 1 fully saturated rings. The summed E-state index contributed by atoms with van der Waals surface area (Å²) in [6.45, 7) is 2.92. The Morgan fingerprint density at radius 3 is 2.83 bits per heavy atom. The second-order valence-corrected chi connectivity index (χ2v) is 6.24. The van der Waals surface area contributed by atoms with Crippen LogP contribution in [0.3, 0.4) is 0 Å². The van der Waals surface area contributed by atoms with Crippen LogP contribution in [-0.2, 0) is 4.79 Å². The van der Waals surface area contributed by atoms with E-state index in [-0.39, 0.29) is 11.8 Å². The second kappa shape index (κ2) is 6.37. The quantitative estimate of drug-likeness (QED) is 0.801. The Bertz CT molecular complexity index is 393. The van der Waals surface area contributed by atoms with Crippen molar-refractivity contribution in [2.75, 3.05) is 6.54 Å². The van der Waals surface area contributed by atoms with Gasteiger partial charge in [0.1, 0.15) is 0 Å². The third kappa shape index (κ3) is 3.58. The highest BCUT2D eigenvalue weighted by molar-refractivity contribution is 9.09. The zero-order valence-corrected chi connectivity index (χ0v) is 12.3. The van der Waals surface area contributed by atoms with Crippen LogP contribution in [0.5, 0.6) is 0 Å². The van der Waals surface area contributed by atoms with Gasteiger partial charge in [-0.05, 0) is 30.7 Å². The predicted octanol–water partition coefficient (Wildman–Crippen LogP) is 3.47. The van der Waals surface area contributed by atoms with E-state index in [0.29, 0.717) is 10.7 Å². The zero-order chi connectivity index (χ0) is 13.0. The van der Waals surface area contributed by atoms with Gasteiger partial charge in [-0.3, -0.25) is 4.79 Å². The molecule has 98 valence electrons. The summed E-state index contributed by atoms with van der Waals surface area (Å²) in [5, 5.41) is 3.04. The number of nitrogens with one attached hydrogen (secondary N) is 1. The Kier molecular flexibility index (Phi) is 4.81. The van der Waals surface area contributed by atoms with E-state index in [1.54, 1.807) is 0 Å². The van der Waals surface area contributed by atoms with Crippen LogP contribution in [0.1, 0.15) is 37.7 Å². The Hall–Kier alpha value is -0.830. The number of carbonyl (C=O) groups excluding carboxylic acids is 1. The fourth-order valence-electron chi connectivity index (χ4n) is 2.24. The third-order valence-corrected chi connectivity index (χ3v) is 4.66. The fraction of sp³-hybridized carbons (Fsp3) is 0.533. The van der Waals surface area contributed by atoms with E-state index >= 15 is 0 Å². The number of halogens is 1. The van der Waals surface area contributed by atoms with Crippen molar-refractivity contribution in [2.24, 2.45) is 5.92 Å². The van der Waals surface area contributed by atoms with Gasteiger partial charge in [0.15, 0.2) is 0 Å². The zero-order valence-electron chi connectivity index (χ0n) is 10.7. The standard InChI is InChI=1S/C15H20BrNO/c1-2-12(16)8-9-17-15(18)14-10-13(14)11-6-4-3-5-7-11/h3-7,12-14H,2,8-10H2,1H3,(H,17,18). The number of amides is 1. The summed E-state index contributed by atoms with van der Waals surface area (Å²) in [6.07, 6.45) is 3.11. The van der Waals surface area contributed by atoms with Crippen LogP contribution in [0.25, 0.3) is 0 Å². The summed E-state index contributed by atoms with van der Waals surface area (Å²) in [5.74, 6) is 0.861. The van der Waals surface area contributed by atoms with Gasteiger partial charge in [-0.15, -0.1) is 0 Å². The average molecular weight is 310 g/mol. The van der Waals surface area contributed by atoms with E-state index in [2.05, 4.69) is 40.3 Å². The Morgan fingerprint density at radius 1 is 1.44 bits per heavy atom. The monoisotopic (exact) mass is 309 g/mol. The van der Waals surface area contributed by atoms with Crippen molar-refractivity contribution < 1.29 is 4.79 Å². The minimum atomic E-state index is 0.197. The van der Waals surface area contributed by atoms with E-state index in [9.17, 15) is 4.79 Å². The number of rotatable bonds is 6. The molecule has 1 aromatic rings. The van der Waals surface area contributed by atoms with Crippen molar-refractivity contribution in [1.82, 2.24) is 5.32 Å². The maximum atomic E-state index is 11.9. The summed E-state index contributed by atoms with van der Waals surface area (Å²) in [6, 6.07) is 10.3. The van der Waals surface area contributed by atoms with Gasteiger partial charge in [0, 0.05) is 17.3 Å². The first kappa shape index (κ1) is 13.6.